The second kappa shape index (κ2) is 14.8. The summed E-state index contributed by atoms with van der Waals surface area (Å²) < 4.78 is 0. The van der Waals surface area contributed by atoms with E-state index in [4.69, 9.17) is 0 Å². The van der Waals surface area contributed by atoms with E-state index in [9.17, 15) is 0 Å². The fraction of sp³-hybridized carbons (Fsp3) is 0.415. The molecule has 0 spiro atoms. The molecule has 65 heavy (non-hydrogen) atoms. The van der Waals surface area contributed by atoms with Crippen LogP contribution in [0, 0.1) is 35.5 Å². The fourth-order valence-electron chi connectivity index (χ4n) is 16.8. The predicted octanol–water partition coefficient (Wildman–Crippen LogP) is 16.8. The van der Waals surface area contributed by atoms with Crippen LogP contribution in [0.1, 0.15) is 161 Å². The topological polar surface area (TPSA) is 0 Å². The van der Waals surface area contributed by atoms with Crippen molar-refractivity contribution in [3.05, 3.63) is 202 Å². The van der Waals surface area contributed by atoms with Crippen LogP contribution >= 0.6 is 0 Å². The van der Waals surface area contributed by atoms with Crippen LogP contribution in [-0.4, -0.2) is 0 Å². The molecule has 0 atom stereocenters. The van der Waals surface area contributed by atoms with Crippen LogP contribution in [0.3, 0.4) is 0 Å². The predicted molar refractivity (Wildman–Crippen MR) is 272 cm³/mol. The van der Waals surface area contributed by atoms with Crippen molar-refractivity contribution < 1.29 is 0 Å². The van der Waals surface area contributed by atoms with Gasteiger partial charge < -0.3 is 0 Å². The molecule has 15 rings (SSSR count). The first-order valence-corrected chi connectivity index (χ1v) is 25.9. The molecule has 0 saturated heterocycles. The van der Waals surface area contributed by atoms with Gasteiger partial charge in [0.2, 0.25) is 0 Å². The molecule has 7 aromatic rings. The third kappa shape index (κ3) is 6.57. The summed E-state index contributed by atoms with van der Waals surface area (Å²) in [5.41, 5.74) is 13.5. The van der Waals surface area contributed by atoms with Gasteiger partial charge in [-0.1, -0.05) is 173 Å². The van der Waals surface area contributed by atoms with Crippen LogP contribution in [0.15, 0.2) is 152 Å². The zero-order valence-corrected chi connectivity index (χ0v) is 39.5. The van der Waals surface area contributed by atoms with Crippen molar-refractivity contribution in [2.75, 3.05) is 0 Å². The lowest BCUT2D eigenvalue weighted by molar-refractivity contribution is -0.00525. The maximum atomic E-state index is 2.75. The Morgan fingerprint density at radius 2 is 0.754 bits per heavy atom. The summed E-state index contributed by atoms with van der Waals surface area (Å²) in [4.78, 5) is 0. The van der Waals surface area contributed by atoms with Crippen molar-refractivity contribution in [3.63, 3.8) is 0 Å². The van der Waals surface area contributed by atoms with E-state index >= 15 is 0 Å². The van der Waals surface area contributed by atoms with Gasteiger partial charge in [0.15, 0.2) is 0 Å². The number of rotatable bonds is 9. The Kier molecular flexibility index (Phi) is 9.17. The fourth-order valence-corrected chi connectivity index (χ4v) is 16.8. The number of fused-ring (bicyclic) bond motifs is 2. The quantitative estimate of drug-likeness (QED) is 0.100. The lowest BCUT2D eigenvalue weighted by atomic mass is 9.48. The summed E-state index contributed by atoms with van der Waals surface area (Å²) in [6.45, 7) is 9.53. The van der Waals surface area contributed by atoms with Crippen LogP contribution in [0.4, 0.5) is 0 Å². The van der Waals surface area contributed by atoms with E-state index in [1.807, 2.05) is 0 Å². The first-order valence-electron chi connectivity index (χ1n) is 25.9. The molecule has 8 fully saturated rings. The van der Waals surface area contributed by atoms with Crippen molar-refractivity contribution in [2.24, 2.45) is 35.5 Å². The van der Waals surface area contributed by atoms with Crippen LogP contribution < -0.4 is 0 Å². The molecule has 0 unspecified atom stereocenters. The summed E-state index contributed by atoms with van der Waals surface area (Å²) in [6, 6.07) is 60.4. The Hall–Kier alpha value is -4.94. The lowest BCUT2D eigenvalue weighted by Crippen LogP contribution is -2.48. The van der Waals surface area contributed by atoms with Gasteiger partial charge in [-0.05, 0) is 201 Å². The van der Waals surface area contributed by atoms with Crippen molar-refractivity contribution >= 4 is 21.5 Å². The maximum absolute atomic E-state index is 2.75. The van der Waals surface area contributed by atoms with Gasteiger partial charge in [-0.25, -0.2) is 0 Å². The Morgan fingerprint density at radius 3 is 1.18 bits per heavy atom. The monoisotopic (exact) mass is 849 g/mol. The molecule has 328 valence electrons. The molecule has 8 aliphatic carbocycles. The van der Waals surface area contributed by atoms with Gasteiger partial charge >= 0.3 is 0 Å². The molecule has 7 aromatic carbocycles. The zero-order chi connectivity index (χ0) is 43.7. The van der Waals surface area contributed by atoms with E-state index in [1.54, 1.807) is 11.1 Å². The highest BCUT2D eigenvalue weighted by Gasteiger charge is 2.53. The largest absolute Gasteiger partial charge is 0.0622 e. The average molecular weight is 849 g/mol. The molecule has 0 aliphatic heterocycles. The standard InChI is InChI=1S/C65H68/c1-62(2,52-11-7-5-8-12-52)54-20-15-48(16-21-54)60(49-17-22-55(23-18-49)63(3,4)53-13-9-6-10-14-53)61-58-26-25-56(64-36-42-27-43(37-64)29-44(28-42)38-64)34-51(58)33-50-19-24-57(35-59(50)61)65-39-45-30-46(40-65)32-47(31-45)41-65/h5-26,33-35,42-47,60H,27-32,36-41H2,1-4H3. The first-order chi connectivity index (χ1) is 31.5. The van der Waals surface area contributed by atoms with E-state index in [1.165, 1.54) is 138 Å². The van der Waals surface area contributed by atoms with Gasteiger partial charge in [-0.15, -0.1) is 0 Å². The molecule has 0 amide bonds. The highest BCUT2D eigenvalue weighted by molar-refractivity contribution is 6.04. The molecule has 8 bridgehead atoms. The molecule has 8 aliphatic rings. The Bertz CT molecular complexity index is 2740. The van der Waals surface area contributed by atoms with Gasteiger partial charge in [-0.3, -0.25) is 0 Å². The number of hydrogen-bond donors (Lipinski definition) is 0. The van der Waals surface area contributed by atoms with E-state index < -0.39 is 0 Å². The summed E-state index contributed by atoms with van der Waals surface area (Å²) in [5, 5.41) is 5.77. The Morgan fingerprint density at radius 1 is 0.369 bits per heavy atom. The van der Waals surface area contributed by atoms with Gasteiger partial charge in [-0.2, -0.15) is 0 Å². The van der Waals surface area contributed by atoms with Crippen LogP contribution in [0.25, 0.3) is 21.5 Å². The van der Waals surface area contributed by atoms with Gasteiger partial charge in [0.1, 0.15) is 0 Å². The smallest absolute Gasteiger partial charge is 0.0352 e. The highest BCUT2D eigenvalue weighted by atomic mass is 14.6. The lowest BCUT2D eigenvalue weighted by Gasteiger charge is -2.57. The summed E-state index contributed by atoms with van der Waals surface area (Å²) in [7, 11) is 0. The molecule has 8 saturated carbocycles. The minimum absolute atomic E-state index is 0.0704. The van der Waals surface area contributed by atoms with Gasteiger partial charge in [0, 0.05) is 16.7 Å². The Labute approximate surface area is 389 Å². The highest BCUT2D eigenvalue weighted by Crippen LogP contribution is 2.63. The molecule has 0 N–H and O–H groups in total. The van der Waals surface area contributed by atoms with Crippen molar-refractivity contribution in [3.8, 4) is 0 Å². The number of benzene rings is 7. The second-order valence-corrected chi connectivity index (χ2v) is 24.2. The van der Waals surface area contributed by atoms with Crippen molar-refractivity contribution in [1.29, 1.82) is 0 Å². The van der Waals surface area contributed by atoms with E-state index in [0.717, 1.165) is 35.5 Å². The molecule has 0 aromatic heterocycles. The third-order valence-electron chi connectivity index (χ3n) is 19.5. The van der Waals surface area contributed by atoms with E-state index in [-0.39, 0.29) is 16.7 Å². The van der Waals surface area contributed by atoms with Crippen molar-refractivity contribution in [2.45, 2.75) is 132 Å². The maximum Gasteiger partial charge on any atom is 0.0352 e. The van der Waals surface area contributed by atoms with Gasteiger partial charge in [0.05, 0.1) is 0 Å². The van der Waals surface area contributed by atoms with Crippen LogP contribution in [0.5, 0.6) is 0 Å². The average Bonchev–Trinajstić information content (AvgIpc) is 3.31. The first kappa shape index (κ1) is 40.3. The normalized spacial score (nSPS) is 29.1. The third-order valence-corrected chi connectivity index (χ3v) is 19.5. The summed E-state index contributed by atoms with van der Waals surface area (Å²) in [6.07, 6.45) is 17.3. The molecule has 0 radical (unpaired) electrons. The second-order valence-electron chi connectivity index (χ2n) is 24.2. The minimum atomic E-state index is -0.105. The summed E-state index contributed by atoms with van der Waals surface area (Å²) >= 11 is 0. The van der Waals surface area contributed by atoms with Crippen LogP contribution in [-0.2, 0) is 21.7 Å². The van der Waals surface area contributed by atoms with Crippen molar-refractivity contribution in [1.82, 2.24) is 0 Å². The molecular weight excluding hydrogens is 781 g/mol. The minimum Gasteiger partial charge on any atom is -0.0622 e. The number of hydrogen-bond acceptors (Lipinski definition) is 0. The van der Waals surface area contributed by atoms with Crippen LogP contribution in [0.2, 0.25) is 0 Å². The van der Waals surface area contributed by atoms with E-state index in [0.29, 0.717) is 10.8 Å². The summed E-state index contributed by atoms with van der Waals surface area (Å²) in [5.74, 6) is 5.62. The van der Waals surface area contributed by atoms with E-state index in [2.05, 4.69) is 179 Å². The zero-order valence-electron chi connectivity index (χ0n) is 39.5. The van der Waals surface area contributed by atoms with Gasteiger partial charge in [0.25, 0.3) is 0 Å². The molecule has 0 heteroatoms. The molecular formula is C65H68. The Balaban J connectivity index is 1.02. The molecule has 0 nitrogen and oxygen atoms in total. The SMILES string of the molecule is CC(C)(c1ccccc1)c1ccc(C(c2ccc(C(C)(C)c3ccccc3)cc2)c2c3ccc(C45CC6CC(CC(C6)C4)C5)cc3cc3ccc(C45CC6CC(CC(C6)C4)C5)cc23)cc1. The molecule has 0 heterocycles.